The standard InChI is InChI=1S/C18H15FN4O2/c1-10-11(2)21-16-9-13(5-8-15(16)20-10)18(25)23-22-17(24)12-3-6-14(19)7-4-12/h3-9H,1-2H3,(H,22,24)(H,23,25). The fraction of sp³-hybridized carbons (Fsp3) is 0.111. The van der Waals surface area contributed by atoms with Crippen LogP contribution < -0.4 is 10.9 Å². The van der Waals surface area contributed by atoms with E-state index in [4.69, 9.17) is 0 Å². The third-order valence-electron chi connectivity index (χ3n) is 3.73. The summed E-state index contributed by atoms with van der Waals surface area (Å²) in [6.07, 6.45) is 0. The first kappa shape index (κ1) is 16.5. The van der Waals surface area contributed by atoms with Crippen LogP contribution in [0.15, 0.2) is 42.5 Å². The van der Waals surface area contributed by atoms with Gasteiger partial charge >= 0.3 is 0 Å². The van der Waals surface area contributed by atoms with Gasteiger partial charge in [-0.15, -0.1) is 0 Å². The molecule has 0 atom stereocenters. The summed E-state index contributed by atoms with van der Waals surface area (Å²) in [6.45, 7) is 3.71. The predicted molar refractivity (Wildman–Crippen MR) is 90.3 cm³/mol. The van der Waals surface area contributed by atoms with Crippen molar-refractivity contribution in [2.24, 2.45) is 0 Å². The van der Waals surface area contributed by atoms with Gasteiger partial charge < -0.3 is 0 Å². The Hall–Kier alpha value is -3.35. The van der Waals surface area contributed by atoms with Crippen molar-refractivity contribution in [2.45, 2.75) is 13.8 Å². The number of halogens is 1. The zero-order valence-corrected chi connectivity index (χ0v) is 13.6. The minimum atomic E-state index is -0.541. The first-order chi connectivity index (χ1) is 11.9. The lowest BCUT2D eigenvalue weighted by atomic mass is 10.1. The van der Waals surface area contributed by atoms with Crippen LogP contribution in [0.2, 0.25) is 0 Å². The molecule has 3 rings (SSSR count). The Balaban J connectivity index is 1.72. The van der Waals surface area contributed by atoms with Crippen molar-refractivity contribution in [3.05, 3.63) is 70.8 Å². The molecule has 2 aromatic carbocycles. The zero-order valence-electron chi connectivity index (χ0n) is 13.6. The summed E-state index contributed by atoms with van der Waals surface area (Å²) >= 11 is 0. The number of rotatable bonds is 2. The molecule has 0 bridgehead atoms. The van der Waals surface area contributed by atoms with E-state index in [1.54, 1.807) is 18.2 Å². The van der Waals surface area contributed by atoms with Crippen LogP contribution in [0.1, 0.15) is 32.1 Å². The normalized spacial score (nSPS) is 10.5. The van der Waals surface area contributed by atoms with Crippen LogP contribution in [0.4, 0.5) is 4.39 Å². The zero-order chi connectivity index (χ0) is 18.0. The SMILES string of the molecule is Cc1nc2ccc(C(=O)NNC(=O)c3ccc(F)cc3)cc2nc1C. The number of hydrogen-bond donors (Lipinski definition) is 2. The second kappa shape index (κ2) is 6.64. The van der Waals surface area contributed by atoms with Gasteiger partial charge in [0.2, 0.25) is 0 Å². The Kier molecular flexibility index (Phi) is 4.38. The van der Waals surface area contributed by atoms with Crippen LogP contribution in [0.5, 0.6) is 0 Å². The number of hydrogen-bond acceptors (Lipinski definition) is 4. The van der Waals surface area contributed by atoms with E-state index >= 15 is 0 Å². The molecule has 0 radical (unpaired) electrons. The minimum absolute atomic E-state index is 0.233. The molecule has 126 valence electrons. The monoisotopic (exact) mass is 338 g/mol. The maximum absolute atomic E-state index is 12.9. The topological polar surface area (TPSA) is 84.0 Å². The second-order valence-electron chi connectivity index (χ2n) is 5.51. The second-order valence-corrected chi connectivity index (χ2v) is 5.51. The van der Waals surface area contributed by atoms with Gasteiger partial charge in [-0.3, -0.25) is 20.4 Å². The molecule has 3 aromatic rings. The van der Waals surface area contributed by atoms with E-state index in [1.807, 2.05) is 13.8 Å². The van der Waals surface area contributed by atoms with Gasteiger partial charge in [-0.1, -0.05) is 0 Å². The molecule has 0 fully saturated rings. The van der Waals surface area contributed by atoms with Crippen LogP contribution in [0.3, 0.4) is 0 Å². The molecular weight excluding hydrogens is 323 g/mol. The van der Waals surface area contributed by atoms with Gasteiger partial charge in [0, 0.05) is 11.1 Å². The predicted octanol–water partition coefficient (Wildman–Crippen LogP) is 2.46. The fourth-order valence-corrected chi connectivity index (χ4v) is 2.23. The van der Waals surface area contributed by atoms with E-state index in [-0.39, 0.29) is 5.56 Å². The number of amides is 2. The van der Waals surface area contributed by atoms with Crippen molar-refractivity contribution in [1.29, 1.82) is 0 Å². The average molecular weight is 338 g/mol. The fourth-order valence-electron chi connectivity index (χ4n) is 2.23. The van der Waals surface area contributed by atoms with Crippen molar-refractivity contribution < 1.29 is 14.0 Å². The highest BCUT2D eigenvalue weighted by atomic mass is 19.1. The van der Waals surface area contributed by atoms with E-state index in [0.29, 0.717) is 16.6 Å². The van der Waals surface area contributed by atoms with Crippen LogP contribution in [-0.4, -0.2) is 21.8 Å². The summed E-state index contributed by atoms with van der Waals surface area (Å²) < 4.78 is 12.9. The molecule has 0 aliphatic carbocycles. The van der Waals surface area contributed by atoms with Gasteiger partial charge in [0.1, 0.15) is 5.82 Å². The smallest absolute Gasteiger partial charge is 0.267 e. The summed E-state index contributed by atoms with van der Waals surface area (Å²) in [6, 6.07) is 9.90. The number of aromatic nitrogens is 2. The van der Waals surface area contributed by atoms with E-state index in [1.165, 1.54) is 24.3 Å². The van der Waals surface area contributed by atoms with Crippen LogP contribution in [0.25, 0.3) is 11.0 Å². The molecule has 25 heavy (non-hydrogen) atoms. The van der Waals surface area contributed by atoms with Gasteiger partial charge in [0.15, 0.2) is 0 Å². The number of benzene rings is 2. The van der Waals surface area contributed by atoms with Crippen LogP contribution in [0, 0.1) is 19.7 Å². The summed E-state index contributed by atoms with van der Waals surface area (Å²) in [5.41, 5.74) is 8.09. The molecule has 0 saturated heterocycles. The molecule has 0 saturated carbocycles. The maximum Gasteiger partial charge on any atom is 0.269 e. The minimum Gasteiger partial charge on any atom is -0.267 e. The van der Waals surface area contributed by atoms with Crippen LogP contribution >= 0.6 is 0 Å². The molecule has 1 aromatic heterocycles. The highest BCUT2D eigenvalue weighted by Gasteiger charge is 2.11. The van der Waals surface area contributed by atoms with E-state index < -0.39 is 17.6 Å². The Bertz CT molecular complexity index is 971. The lowest BCUT2D eigenvalue weighted by Crippen LogP contribution is -2.41. The summed E-state index contributed by atoms with van der Waals surface area (Å²) in [4.78, 5) is 32.9. The molecule has 6 nitrogen and oxygen atoms in total. The highest BCUT2D eigenvalue weighted by molar-refractivity contribution is 6.00. The third kappa shape index (κ3) is 3.60. The van der Waals surface area contributed by atoms with E-state index in [9.17, 15) is 14.0 Å². The molecule has 0 spiro atoms. The first-order valence-electron chi connectivity index (χ1n) is 7.55. The lowest BCUT2D eigenvalue weighted by Gasteiger charge is -2.08. The quantitative estimate of drug-likeness (QED) is 0.703. The van der Waals surface area contributed by atoms with Gasteiger partial charge in [-0.2, -0.15) is 0 Å². The van der Waals surface area contributed by atoms with Crippen molar-refractivity contribution in [3.63, 3.8) is 0 Å². The molecule has 7 heteroatoms. The van der Waals surface area contributed by atoms with Crippen molar-refractivity contribution in [2.75, 3.05) is 0 Å². The van der Waals surface area contributed by atoms with Gasteiger partial charge in [0.25, 0.3) is 11.8 Å². The van der Waals surface area contributed by atoms with E-state index in [2.05, 4.69) is 20.8 Å². The number of carbonyl (C=O) groups excluding carboxylic acids is 2. The molecule has 2 amide bonds. The Morgan fingerprint density at radius 3 is 1.96 bits per heavy atom. The molecule has 0 aliphatic heterocycles. The number of fused-ring (bicyclic) bond motifs is 1. The lowest BCUT2D eigenvalue weighted by molar-refractivity contribution is 0.0846. The maximum atomic E-state index is 12.9. The van der Waals surface area contributed by atoms with E-state index in [0.717, 1.165) is 11.4 Å². The van der Waals surface area contributed by atoms with Gasteiger partial charge in [-0.25, -0.2) is 14.4 Å². The molecule has 1 heterocycles. The summed E-state index contributed by atoms with van der Waals surface area (Å²) in [5.74, 6) is -1.47. The first-order valence-corrected chi connectivity index (χ1v) is 7.55. The number of nitrogens with zero attached hydrogens (tertiary/aromatic N) is 2. The number of nitrogens with one attached hydrogen (secondary N) is 2. The number of aryl methyl sites for hydroxylation is 2. The molecule has 0 aliphatic rings. The number of carbonyl (C=O) groups is 2. The molecule has 0 unspecified atom stereocenters. The summed E-state index contributed by atoms with van der Waals surface area (Å²) in [5, 5.41) is 0. The Morgan fingerprint density at radius 2 is 1.32 bits per heavy atom. The van der Waals surface area contributed by atoms with Crippen molar-refractivity contribution in [3.8, 4) is 0 Å². The number of hydrazine groups is 1. The summed E-state index contributed by atoms with van der Waals surface area (Å²) in [7, 11) is 0. The third-order valence-corrected chi connectivity index (χ3v) is 3.73. The molecular formula is C18H15FN4O2. The Morgan fingerprint density at radius 1 is 0.800 bits per heavy atom. The van der Waals surface area contributed by atoms with Crippen molar-refractivity contribution >= 4 is 22.8 Å². The largest absolute Gasteiger partial charge is 0.269 e. The highest BCUT2D eigenvalue weighted by Crippen LogP contribution is 2.14. The van der Waals surface area contributed by atoms with Crippen LogP contribution in [-0.2, 0) is 0 Å². The molecule has 2 N–H and O–H groups in total. The van der Waals surface area contributed by atoms with Gasteiger partial charge in [0.05, 0.1) is 22.4 Å². The Labute approximate surface area is 143 Å². The van der Waals surface area contributed by atoms with Crippen molar-refractivity contribution in [1.82, 2.24) is 20.8 Å². The van der Waals surface area contributed by atoms with Gasteiger partial charge in [-0.05, 0) is 56.3 Å². The average Bonchev–Trinajstić information content (AvgIpc) is 2.60.